The fraction of sp³-hybridized carbons (Fsp3) is 0.333. The van der Waals surface area contributed by atoms with E-state index in [-0.39, 0.29) is 23.7 Å². The smallest absolute Gasteiger partial charge is 0.257 e. The third kappa shape index (κ3) is 5.77. The van der Waals surface area contributed by atoms with Crippen molar-refractivity contribution < 1.29 is 23.4 Å². The van der Waals surface area contributed by atoms with Gasteiger partial charge in [0.05, 0.1) is 20.8 Å². The van der Waals surface area contributed by atoms with Crippen molar-refractivity contribution in [3.05, 3.63) is 81.9 Å². The van der Waals surface area contributed by atoms with Crippen molar-refractivity contribution in [3.8, 4) is 17.2 Å². The average molecular weight is 479 g/mol. The van der Waals surface area contributed by atoms with E-state index >= 15 is 0 Å². The van der Waals surface area contributed by atoms with Crippen molar-refractivity contribution in [3.63, 3.8) is 0 Å². The Balaban J connectivity index is 1.26. The van der Waals surface area contributed by atoms with E-state index in [4.69, 9.17) is 18.6 Å². The van der Waals surface area contributed by atoms with Crippen molar-refractivity contribution >= 4 is 11.6 Å². The van der Waals surface area contributed by atoms with Crippen molar-refractivity contribution in [2.24, 2.45) is 0 Å². The second kappa shape index (κ2) is 11.0. The van der Waals surface area contributed by atoms with Gasteiger partial charge in [0.25, 0.3) is 5.91 Å². The lowest BCUT2D eigenvalue weighted by molar-refractivity contribution is -0.123. The number of hydrogen-bond donors (Lipinski definition) is 1. The van der Waals surface area contributed by atoms with Gasteiger partial charge in [-0.1, -0.05) is 24.3 Å². The van der Waals surface area contributed by atoms with Gasteiger partial charge in [-0.2, -0.15) is 0 Å². The molecule has 0 saturated heterocycles. The molecule has 3 aromatic rings. The summed E-state index contributed by atoms with van der Waals surface area (Å²) in [7, 11) is 3.16. The summed E-state index contributed by atoms with van der Waals surface area (Å²) in [4.78, 5) is 26.9. The molecule has 8 nitrogen and oxygen atoms in total. The first-order valence-corrected chi connectivity index (χ1v) is 11.5. The van der Waals surface area contributed by atoms with Crippen LogP contribution >= 0.6 is 0 Å². The lowest BCUT2D eigenvalue weighted by atomic mass is 10.1. The molecule has 1 aromatic heterocycles. The summed E-state index contributed by atoms with van der Waals surface area (Å²) in [6.45, 7) is 2.79. The monoisotopic (exact) mass is 478 g/mol. The van der Waals surface area contributed by atoms with Gasteiger partial charge in [-0.3, -0.25) is 9.59 Å². The Kier molecular flexibility index (Phi) is 7.60. The number of hydrogen-bond acceptors (Lipinski definition) is 7. The molecular weight excluding hydrogens is 448 g/mol. The van der Waals surface area contributed by atoms with Gasteiger partial charge in [0.15, 0.2) is 18.1 Å². The Morgan fingerprint density at radius 2 is 1.89 bits per heavy atom. The van der Waals surface area contributed by atoms with Gasteiger partial charge >= 0.3 is 0 Å². The number of anilines is 1. The molecular formula is C27H30N2O6. The Bertz CT molecular complexity index is 1240. The first-order chi connectivity index (χ1) is 17.0. The number of para-hydroxylation sites is 1. The lowest BCUT2D eigenvalue weighted by Gasteiger charge is -2.24. The van der Waals surface area contributed by atoms with Crippen LogP contribution in [0.3, 0.4) is 0 Å². The van der Waals surface area contributed by atoms with Crippen LogP contribution in [0.2, 0.25) is 0 Å². The molecule has 35 heavy (non-hydrogen) atoms. The molecule has 1 aliphatic heterocycles. The first kappa shape index (κ1) is 24.2. The molecule has 0 spiro atoms. The van der Waals surface area contributed by atoms with E-state index in [0.717, 1.165) is 17.7 Å². The van der Waals surface area contributed by atoms with E-state index in [1.54, 1.807) is 14.2 Å². The molecule has 2 aromatic carbocycles. The van der Waals surface area contributed by atoms with Crippen LogP contribution in [0, 0.1) is 0 Å². The van der Waals surface area contributed by atoms with Crippen molar-refractivity contribution in [1.82, 2.24) is 5.32 Å². The number of rotatable bonds is 10. The van der Waals surface area contributed by atoms with Gasteiger partial charge in [0.2, 0.25) is 11.2 Å². The van der Waals surface area contributed by atoms with Gasteiger partial charge in [0, 0.05) is 24.3 Å². The summed E-state index contributed by atoms with van der Waals surface area (Å²) in [6, 6.07) is 15.6. The molecule has 0 bridgehead atoms. The third-order valence-electron chi connectivity index (χ3n) is 6.07. The predicted octanol–water partition coefficient (Wildman–Crippen LogP) is 3.35. The summed E-state index contributed by atoms with van der Waals surface area (Å²) in [5, 5.41) is 2.79. The van der Waals surface area contributed by atoms with Gasteiger partial charge in [-0.05, 0) is 49.1 Å². The molecule has 0 radical (unpaired) electrons. The van der Waals surface area contributed by atoms with Crippen LogP contribution in [0.4, 0.5) is 5.69 Å². The maximum atomic E-state index is 12.5. The molecule has 0 saturated carbocycles. The standard InChI is InChI=1S/C27H30N2O6/c1-18-12-20-6-4-5-7-22(20)29(18)15-21-14-23(30)26(16-34-21)35-17-27(31)28-11-10-19-8-9-24(32-2)25(13-19)33-3/h4-9,13-14,16,18H,10-12,15,17H2,1-3H3,(H,28,31)/t18-/m0/s1. The van der Waals surface area contributed by atoms with E-state index < -0.39 is 0 Å². The zero-order valence-corrected chi connectivity index (χ0v) is 20.2. The fourth-order valence-electron chi connectivity index (χ4n) is 4.24. The van der Waals surface area contributed by atoms with Crippen molar-refractivity contribution in [2.45, 2.75) is 32.4 Å². The average Bonchev–Trinajstić information content (AvgIpc) is 3.18. The highest BCUT2D eigenvalue weighted by Crippen LogP contribution is 2.33. The number of benzene rings is 2. The number of amides is 1. The predicted molar refractivity (Wildman–Crippen MR) is 133 cm³/mol. The van der Waals surface area contributed by atoms with Crippen LogP contribution in [-0.2, 0) is 24.2 Å². The number of nitrogens with zero attached hydrogens (tertiary/aromatic N) is 1. The van der Waals surface area contributed by atoms with E-state index in [0.29, 0.717) is 42.8 Å². The molecule has 0 unspecified atom stereocenters. The fourth-order valence-corrected chi connectivity index (χ4v) is 4.24. The van der Waals surface area contributed by atoms with Gasteiger partial charge < -0.3 is 28.8 Å². The van der Waals surface area contributed by atoms with Crippen LogP contribution < -0.4 is 29.9 Å². The van der Waals surface area contributed by atoms with E-state index in [2.05, 4.69) is 29.3 Å². The number of fused-ring (bicyclic) bond motifs is 1. The van der Waals surface area contributed by atoms with Gasteiger partial charge in [-0.25, -0.2) is 0 Å². The van der Waals surface area contributed by atoms with Crippen LogP contribution in [0.5, 0.6) is 17.2 Å². The minimum atomic E-state index is -0.323. The summed E-state index contributed by atoms with van der Waals surface area (Å²) < 4.78 is 21.6. The molecule has 1 aliphatic rings. The quantitative estimate of drug-likeness (QED) is 0.478. The van der Waals surface area contributed by atoms with E-state index in [1.807, 2.05) is 30.3 Å². The second-order valence-electron chi connectivity index (χ2n) is 8.46. The first-order valence-electron chi connectivity index (χ1n) is 11.5. The minimum Gasteiger partial charge on any atom is -0.493 e. The van der Waals surface area contributed by atoms with E-state index in [1.165, 1.54) is 17.9 Å². The molecule has 0 fully saturated rings. The molecule has 1 amide bonds. The topological polar surface area (TPSA) is 90.2 Å². The molecule has 0 aliphatic carbocycles. The zero-order chi connectivity index (χ0) is 24.8. The molecule has 184 valence electrons. The van der Waals surface area contributed by atoms with E-state index in [9.17, 15) is 9.59 Å². The molecule has 1 N–H and O–H groups in total. The van der Waals surface area contributed by atoms with Crippen LogP contribution in [0.15, 0.2) is 64.0 Å². The van der Waals surface area contributed by atoms with Crippen LogP contribution in [0.1, 0.15) is 23.8 Å². The molecule has 4 rings (SSSR count). The summed E-state index contributed by atoms with van der Waals surface area (Å²) >= 11 is 0. The largest absolute Gasteiger partial charge is 0.493 e. The maximum absolute atomic E-state index is 12.5. The highest BCUT2D eigenvalue weighted by molar-refractivity contribution is 5.77. The maximum Gasteiger partial charge on any atom is 0.257 e. The Hall–Kier alpha value is -3.94. The summed E-state index contributed by atoms with van der Waals surface area (Å²) in [6.07, 6.45) is 2.85. The summed E-state index contributed by atoms with van der Waals surface area (Å²) in [5.74, 6) is 1.52. The molecule has 2 heterocycles. The second-order valence-corrected chi connectivity index (χ2v) is 8.46. The highest BCUT2D eigenvalue weighted by atomic mass is 16.5. The normalized spacial score (nSPS) is 14.4. The number of carbonyl (C=O) groups is 1. The number of methoxy groups -OCH3 is 2. The Morgan fingerprint density at radius 1 is 1.09 bits per heavy atom. The Labute approximate surface area is 204 Å². The van der Waals surface area contributed by atoms with Crippen LogP contribution in [-0.4, -0.2) is 39.3 Å². The highest BCUT2D eigenvalue weighted by Gasteiger charge is 2.26. The lowest BCUT2D eigenvalue weighted by Crippen LogP contribution is -2.31. The van der Waals surface area contributed by atoms with Gasteiger partial charge in [-0.15, -0.1) is 0 Å². The molecule has 8 heteroatoms. The SMILES string of the molecule is COc1ccc(CCNC(=O)COc2coc(CN3c4ccccc4C[C@@H]3C)cc2=O)cc1OC. The number of nitrogens with one attached hydrogen (secondary N) is 1. The van der Waals surface area contributed by atoms with Crippen LogP contribution in [0.25, 0.3) is 0 Å². The van der Waals surface area contributed by atoms with Crippen molar-refractivity contribution in [2.75, 3.05) is 32.3 Å². The zero-order valence-electron chi connectivity index (χ0n) is 20.2. The Morgan fingerprint density at radius 3 is 2.66 bits per heavy atom. The van der Waals surface area contributed by atoms with Crippen molar-refractivity contribution in [1.29, 1.82) is 0 Å². The number of ether oxygens (including phenoxy) is 3. The molecule has 1 atom stereocenters. The minimum absolute atomic E-state index is 0.0126. The number of carbonyl (C=O) groups excluding carboxylic acids is 1. The third-order valence-corrected chi connectivity index (χ3v) is 6.07. The van der Waals surface area contributed by atoms with Gasteiger partial charge in [0.1, 0.15) is 12.0 Å². The summed E-state index contributed by atoms with van der Waals surface area (Å²) in [5.41, 5.74) is 3.13.